The molecule has 1 aliphatic heterocycles. The van der Waals surface area contributed by atoms with Gasteiger partial charge in [-0.15, -0.1) is 0 Å². The molecular weight excluding hydrogens is 336 g/mol. The predicted octanol–water partition coefficient (Wildman–Crippen LogP) is 2.41. The number of likely N-dealkylation sites (tertiary alicyclic amines) is 1. The fraction of sp³-hybridized carbons (Fsp3) is 0.524. The third kappa shape index (κ3) is 5.82. The van der Waals surface area contributed by atoms with E-state index in [9.17, 15) is 0 Å². The molecule has 0 radical (unpaired) electrons. The van der Waals surface area contributed by atoms with Crippen LogP contribution in [0, 0.1) is 6.92 Å². The number of nitrogens with zero attached hydrogens (tertiary/aromatic N) is 4. The molecule has 0 bridgehead atoms. The summed E-state index contributed by atoms with van der Waals surface area (Å²) in [6.07, 6.45) is 6.21. The smallest absolute Gasteiger partial charge is 0.191 e. The number of nitrogens with one attached hydrogen (secondary N) is 2. The normalized spacial score (nSPS) is 21.2. The van der Waals surface area contributed by atoms with Crippen LogP contribution in [0.2, 0.25) is 0 Å². The van der Waals surface area contributed by atoms with Crippen molar-refractivity contribution in [1.29, 1.82) is 0 Å². The van der Waals surface area contributed by atoms with Crippen LogP contribution in [0.15, 0.2) is 47.7 Å². The average molecular weight is 369 g/mol. The van der Waals surface area contributed by atoms with E-state index in [1.54, 1.807) is 0 Å². The molecule has 1 fully saturated rings. The van der Waals surface area contributed by atoms with Gasteiger partial charge in [0, 0.05) is 45.0 Å². The highest BCUT2D eigenvalue weighted by Crippen LogP contribution is 2.19. The fourth-order valence-corrected chi connectivity index (χ4v) is 3.67. The van der Waals surface area contributed by atoms with Crippen LogP contribution in [0.25, 0.3) is 0 Å². The SMILES string of the molecule is CN=C(NCCn1cc(C)cn1)NC1CCN(Cc2ccccc2)C(C)C1. The Morgan fingerprint density at radius 1 is 1.30 bits per heavy atom. The quantitative estimate of drug-likeness (QED) is 0.607. The van der Waals surface area contributed by atoms with Crippen LogP contribution in [0.1, 0.15) is 30.9 Å². The Morgan fingerprint density at radius 2 is 2.11 bits per heavy atom. The molecule has 2 unspecified atom stereocenters. The fourth-order valence-electron chi connectivity index (χ4n) is 3.67. The second-order valence-electron chi connectivity index (χ2n) is 7.45. The minimum atomic E-state index is 0.463. The van der Waals surface area contributed by atoms with E-state index in [0.29, 0.717) is 12.1 Å². The van der Waals surface area contributed by atoms with Crippen molar-refractivity contribution in [1.82, 2.24) is 25.3 Å². The number of rotatable bonds is 6. The third-order valence-electron chi connectivity index (χ3n) is 5.20. The number of aryl methyl sites for hydroxylation is 1. The van der Waals surface area contributed by atoms with Crippen molar-refractivity contribution in [3.63, 3.8) is 0 Å². The van der Waals surface area contributed by atoms with Gasteiger partial charge in [-0.2, -0.15) is 5.10 Å². The highest BCUT2D eigenvalue weighted by Gasteiger charge is 2.25. The summed E-state index contributed by atoms with van der Waals surface area (Å²) in [4.78, 5) is 6.95. The summed E-state index contributed by atoms with van der Waals surface area (Å²) >= 11 is 0. The number of aromatic nitrogens is 2. The Kier molecular flexibility index (Phi) is 6.87. The number of piperidine rings is 1. The zero-order chi connectivity index (χ0) is 19.1. The van der Waals surface area contributed by atoms with Gasteiger partial charge in [0.15, 0.2) is 5.96 Å². The van der Waals surface area contributed by atoms with E-state index in [2.05, 4.69) is 76.0 Å². The maximum atomic E-state index is 4.38. The maximum absolute atomic E-state index is 4.38. The molecule has 1 saturated heterocycles. The first-order valence-corrected chi connectivity index (χ1v) is 9.88. The maximum Gasteiger partial charge on any atom is 0.191 e. The van der Waals surface area contributed by atoms with Gasteiger partial charge in [0.05, 0.1) is 12.7 Å². The second-order valence-corrected chi connectivity index (χ2v) is 7.45. The van der Waals surface area contributed by atoms with Gasteiger partial charge < -0.3 is 10.6 Å². The molecule has 0 saturated carbocycles. The number of hydrogen-bond donors (Lipinski definition) is 2. The largest absolute Gasteiger partial charge is 0.355 e. The molecule has 146 valence electrons. The molecule has 0 amide bonds. The van der Waals surface area contributed by atoms with Gasteiger partial charge in [0.1, 0.15) is 0 Å². The zero-order valence-electron chi connectivity index (χ0n) is 16.7. The lowest BCUT2D eigenvalue weighted by Gasteiger charge is -2.38. The molecular formula is C21H32N6. The molecule has 2 N–H and O–H groups in total. The van der Waals surface area contributed by atoms with Crippen LogP contribution in [-0.4, -0.2) is 52.9 Å². The molecule has 27 heavy (non-hydrogen) atoms. The molecule has 6 heteroatoms. The van der Waals surface area contributed by atoms with Crippen molar-refractivity contribution in [2.24, 2.45) is 4.99 Å². The lowest BCUT2D eigenvalue weighted by Crippen LogP contribution is -2.51. The van der Waals surface area contributed by atoms with E-state index in [-0.39, 0.29) is 0 Å². The summed E-state index contributed by atoms with van der Waals surface area (Å²) in [5, 5.41) is 11.3. The van der Waals surface area contributed by atoms with Gasteiger partial charge in [-0.3, -0.25) is 14.6 Å². The molecule has 2 atom stereocenters. The summed E-state index contributed by atoms with van der Waals surface area (Å²) < 4.78 is 1.96. The Balaban J connectivity index is 1.42. The lowest BCUT2D eigenvalue weighted by molar-refractivity contribution is 0.134. The number of benzene rings is 1. The highest BCUT2D eigenvalue weighted by atomic mass is 15.3. The van der Waals surface area contributed by atoms with Crippen molar-refractivity contribution in [2.75, 3.05) is 20.1 Å². The summed E-state index contributed by atoms with van der Waals surface area (Å²) in [6, 6.07) is 11.8. The topological polar surface area (TPSA) is 57.5 Å². The summed E-state index contributed by atoms with van der Waals surface area (Å²) in [6.45, 7) is 8.17. The molecule has 2 aromatic rings. The van der Waals surface area contributed by atoms with E-state index in [1.807, 2.05) is 17.9 Å². The highest BCUT2D eigenvalue weighted by molar-refractivity contribution is 5.79. The van der Waals surface area contributed by atoms with E-state index in [4.69, 9.17) is 0 Å². The van der Waals surface area contributed by atoms with Crippen LogP contribution in [0.5, 0.6) is 0 Å². The summed E-state index contributed by atoms with van der Waals surface area (Å²) in [7, 11) is 1.83. The van der Waals surface area contributed by atoms with Crippen LogP contribution in [-0.2, 0) is 13.1 Å². The van der Waals surface area contributed by atoms with Crippen molar-refractivity contribution >= 4 is 5.96 Å². The number of guanidine groups is 1. The predicted molar refractivity (Wildman–Crippen MR) is 111 cm³/mol. The zero-order valence-corrected chi connectivity index (χ0v) is 16.7. The molecule has 3 rings (SSSR count). The minimum absolute atomic E-state index is 0.463. The van der Waals surface area contributed by atoms with Crippen molar-refractivity contribution in [2.45, 2.75) is 51.9 Å². The van der Waals surface area contributed by atoms with E-state index >= 15 is 0 Å². The van der Waals surface area contributed by atoms with Crippen LogP contribution in [0.3, 0.4) is 0 Å². The lowest BCUT2D eigenvalue weighted by atomic mass is 9.97. The van der Waals surface area contributed by atoms with Gasteiger partial charge in [0.25, 0.3) is 0 Å². The molecule has 6 nitrogen and oxygen atoms in total. The Bertz CT molecular complexity index is 723. The monoisotopic (exact) mass is 368 g/mol. The molecule has 0 aliphatic carbocycles. The van der Waals surface area contributed by atoms with E-state index in [0.717, 1.165) is 45.0 Å². The summed E-state index contributed by atoms with van der Waals surface area (Å²) in [5.41, 5.74) is 2.58. The summed E-state index contributed by atoms with van der Waals surface area (Å²) in [5.74, 6) is 0.882. The second kappa shape index (κ2) is 9.55. The van der Waals surface area contributed by atoms with Crippen LogP contribution < -0.4 is 10.6 Å². The van der Waals surface area contributed by atoms with E-state index < -0.39 is 0 Å². The van der Waals surface area contributed by atoms with Crippen LogP contribution in [0.4, 0.5) is 0 Å². The Labute approximate surface area is 162 Å². The Hall–Kier alpha value is -2.34. The first kappa shape index (κ1) is 19.4. The standard InChI is InChI=1S/C21H32N6/c1-17-14-24-27(15-17)12-10-23-21(22-3)25-20-9-11-26(18(2)13-20)16-19-7-5-4-6-8-19/h4-8,14-15,18,20H,9-13,16H2,1-3H3,(H2,22,23,25). The molecule has 2 heterocycles. The molecule has 1 aliphatic rings. The number of aliphatic imine (C=N–C) groups is 1. The number of hydrogen-bond acceptors (Lipinski definition) is 3. The van der Waals surface area contributed by atoms with E-state index in [1.165, 1.54) is 11.1 Å². The first-order chi connectivity index (χ1) is 13.1. The molecule has 1 aromatic heterocycles. The van der Waals surface area contributed by atoms with Gasteiger partial charge in [-0.05, 0) is 37.8 Å². The van der Waals surface area contributed by atoms with Gasteiger partial charge >= 0.3 is 0 Å². The van der Waals surface area contributed by atoms with Crippen molar-refractivity contribution in [3.8, 4) is 0 Å². The van der Waals surface area contributed by atoms with Gasteiger partial charge in [-0.25, -0.2) is 0 Å². The first-order valence-electron chi connectivity index (χ1n) is 9.88. The van der Waals surface area contributed by atoms with Crippen molar-refractivity contribution in [3.05, 3.63) is 53.9 Å². The Morgan fingerprint density at radius 3 is 2.78 bits per heavy atom. The third-order valence-corrected chi connectivity index (χ3v) is 5.20. The van der Waals surface area contributed by atoms with Gasteiger partial charge in [-0.1, -0.05) is 30.3 Å². The molecule has 0 spiro atoms. The minimum Gasteiger partial charge on any atom is -0.355 e. The van der Waals surface area contributed by atoms with Crippen molar-refractivity contribution < 1.29 is 0 Å². The van der Waals surface area contributed by atoms with Crippen LogP contribution >= 0.6 is 0 Å². The van der Waals surface area contributed by atoms with Gasteiger partial charge in [0.2, 0.25) is 0 Å². The average Bonchev–Trinajstić information content (AvgIpc) is 3.09. The molecule has 1 aromatic carbocycles.